The lowest BCUT2D eigenvalue weighted by atomic mass is 10.0. The van der Waals surface area contributed by atoms with Crippen LogP contribution in [0.3, 0.4) is 0 Å². The molecule has 1 aromatic rings. The molecular formula is C17H29NO. The van der Waals surface area contributed by atoms with Gasteiger partial charge in [-0.3, -0.25) is 4.79 Å². The smallest absolute Gasteiger partial charge is 0.166 e. The molecule has 19 heavy (non-hydrogen) atoms. The standard InChI is InChI=1S/C17H29NO/c1-2-3-4-5-6-7-8-9-10-11-12-16-13-17(15-19)18-14-16/h13-15,18H,2-12H2,1H3. The molecular weight excluding hydrogens is 234 g/mol. The maximum atomic E-state index is 10.5. The van der Waals surface area contributed by atoms with Crippen LogP contribution in [0.15, 0.2) is 12.3 Å². The van der Waals surface area contributed by atoms with Crippen LogP contribution < -0.4 is 0 Å². The third-order valence-electron chi connectivity index (χ3n) is 3.71. The second-order valence-electron chi connectivity index (χ2n) is 5.51. The Balaban J connectivity index is 1.87. The monoisotopic (exact) mass is 263 g/mol. The predicted octanol–water partition coefficient (Wildman–Crippen LogP) is 5.29. The van der Waals surface area contributed by atoms with Crippen LogP contribution in [-0.2, 0) is 6.42 Å². The highest BCUT2D eigenvalue weighted by Crippen LogP contribution is 2.12. The normalized spacial score (nSPS) is 10.8. The van der Waals surface area contributed by atoms with Crippen LogP contribution in [0.5, 0.6) is 0 Å². The highest BCUT2D eigenvalue weighted by atomic mass is 16.1. The number of aldehydes is 1. The summed E-state index contributed by atoms with van der Waals surface area (Å²) in [5.74, 6) is 0. The van der Waals surface area contributed by atoms with Gasteiger partial charge in [-0.2, -0.15) is 0 Å². The van der Waals surface area contributed by atoms with Gasteiger partial charge in [0.2, 0.25) is 0 Å². The summed E-state index contributed by atoms with van der Waals surface area (Å²) >= 11 is 0. The molecule has 0 aliphatic carbocycles. The Bertz CT molecular complexity index is 330. The Morgan fingerprint density at radius 2 is 1.53 bits per heavy atom. The van der Waals surface area contributed by atoms with Crippen molar-refractivity contribution in [2.75, 3.05) is 0 Å². The van der Waals surface area contributed by atoms with Gasteiger partial charge >= 0.3 is 0 Å². The molecule has 0 aliphatic rings. The van der Waals surface area contributed by atoms with E-state index >= 15 is 0 Å². The number of nitrogens with one attached hydrogen (secondary N) is 1. The minimum atomic E-state index is 0.696. The first-order valence-corrected chi connectivity index (χ1v) is 7.99. The molecule has 1 rings (SSSR count). The van der Waals surface area contributed by atoms with E-state index in [0.717, 1.165) is 12.7 Å². The second-order valence-corrected chi connectivity index (χ2v) is 5.51. The molecule has 0 unspecified atom stereocenters. The van der Waals surface area contributed by atoms with Gasteiger partial charge in [-0.05, 0) is 24.5 Å². The van der Waals surface area contributed by atoms with E-state index in [1.54, 1.807) is 0 Å². The van der Waals surface area contributed by atoms with Crippen molar-refractivity contribution in [3.63, 3.8) is 0 Å². The average Bonchev–Trinajstić information content (AvgIpc) is 2.89. The molecule has 1 N–H and O–H groups in total. The molecule has 1 heterocycles. The summed E-state index contributed by atoms with van der Waals surface area (Å²) < 4.78 is 0. The quantitative estimate of drug-likeness (QED) is 0.403. The first-order chi connectivity index (χ1) is 9.36. The van der Waals surface area contributed by atoms with Crippen LogP contribution in [0.4, 0.5) is 0 Å². The maximum absolute atomic E-state index is 10.5. The number of carbonyl (C=O) groups excluding carboxylic acids is 1. The molecule has 0 saturated heterocycles. The highest BCUT2D eigenvalue weighted by molar-refractivity contribution is 5.72. The van der Waals surface area contributed by atoms with Crippen molar-refractivity contribution in [2.45, 2.75) is 77.6 Å². The Morgan fingerprint density at radius 3 is 2.05 bits per heavy atom. The lowest BCUT2D eigenvalue weighted by molar-refractivity contribution is 0.111. The van der Waals surface area contributed by atoms with Gasteiger partial charge in [0, 0.05) is 6.20 Å². The first kappa shape index (κ1) is 16.0. The van der Waals surface area contributed by atoms with Crippen molar-refractivity contribution in [1.82, 2.24) is 4.98 Å². The van der Waals surface area contributed by atoms with E-state index in [-0.39, 0.29) is 0 Å². The van der Waals surface area contributed by atoms with E-state index < -0.39 is 0 Å². The Hall–Kier alpha value is -1.05. The van der Waals surface area contributed by atoms with Gasteiger partial charge in [-0.15, -0.1) is 0 Å². The van der Waals surface area contributed by atoms with Crippen LogP contribution >= 0.6 is 0 Å². The molecule has 0 atom stereocenters. The number of carbonyl (C=O) groups is 1. The van der Waals surface area contributed by atoms with E-state index in [1.165, 1.54) is 69.8 Å². The van der Waals surface area contributed by atoms with Crippen molar-refractivity contribution >= 4 is 6.29 Å². The zero-order valence-electron chi connectivity index (χ0n) is 12.4. The summed E-state index contributed by atoms with van der Waals surface area (Å²) in [5.41, 5.74) is 1.96. The molecule has 2 heteroatoms. The summed E-state index contributed by atoms with van der Waals surface area (Å²) in [5, 5.41) is 0. The third kappa shape index (κ3) is 7.86. The van der Waals surface area contributed by atoms with Crippen LogP contribution in [-0.4, -0.2) is 11.3 Å². The van der Waals surface area contributed by atoms with E-state index in [1.807, 2.05) is 12.3 Å². The molecule has 1 aromatic heterocycles. The van der Waals surface area contributed by atoms with E-state index in [0.29, 0.717) is 5.69 Å². The maximum Gasteiger partial charge on any atom is 0.166 e. The van der Waals surface area contributed by atoms with Crippen LogP contribution in [0.2, 0.25) is 0 Å². The van der Waals surface area contributed by atoms with E-state index in [2.05, 4.69) is 11.9 Å². The molecule has 0 aliphatic heterocycles. The Kier molecular flexibility index (Phi) is 9.13. The van der Waals surface area contributed by atoms with Crippen molar-refractivity contribution in [3.05, 3.63) is 23.5 Å². The number of hydrogen-bond donors (Lipinski definition) is 1. The summed E-state index contributed by atoms with van der Waals surface area (Å²) in [4.78, 5) is 13.5. The van der Waals surface area contributed by atoms with Crippen LogP contribution in [0.1, 0.15) is 87.2 Å². The topological polar surface area (TPSA) is 32.9 Å². The molecule has 0 fully saturated rings. The summed E-state index contributed by atoms with van der Waals surface area (Å²) in [6, 6.07) is 1.96. The fourth-order valence-corrected chi connectivity index (χ4v) is 2.49. The number of aromatic nitrogens is 1. The lowest BCUT2D eigenvalue weighted by Crippen LogP contribution is -1.85. The number of aromatic amines is 1. The van der Waals surface area contributed by atoms with Gasteiger partial charge in [0.05, 0.1) is 5.69 Å². The zero-order valence-corrected chi connectivity index (χ0v) is 12.4. The van der Waals surface area contributed by atoms with Gasteiger partial charge in [-0.25, -0.2) is 0 Å². The summed E-state index contributed by atoms with van der Waals surface area (Å²) in [6.45, 7) is 2.27. The molecule has 2 nitrogen and oxygen atoms in total. The number of unbranched alkanes of at least 4 members (excludes halogenated alkanes) is 9. The SMILES string of the molecule is CCCCCCCCCCCCc1c[nH]c(C=O)c1. The fourth-order valence-electron chi connectivity index (χ4n) is 2.49. The van der Waals surface area contributed by atoms with Crippen molar-refractivity contribution in [1.29, 1.82) is 0 Å². The molecule has 0 aromatic carbocycles. The summed E-state index contributed by atoms with van der Waals surface area (Å²) in [6.07, 6.45) is 17.6. The highest BCUT2D eigenvalue weighted by Gasteiger charge is 1.98. The number of aryl methyl sites for hydroxylation is 1. The molecule has 0 spiro atoms. The largest absolute Gasteiger partial charge is 0.359 e. The number of H-pyrrole nitrogens is 1. The van der Waals surface area contributed by atoms with E-state index in [9.17, 15) is 4.79 Å². The zero-order chi connectivity index (χ0) is 13.8. The second kappa shape index (κ2) is 10.8. The third-order valence-corrected chi connectivity index (χ3v) is 3.71. The number of rotatable bonds is 12. The molecule has 0 radical (unpaired) electrons. The van der Waals surface area contributed by atoms with Crippen LogP contribution in [0, 0.1) is 0 Å². The Morgan fingerprint density at radius 1 is 0.947 bits per heavy atom. The van der Waals surface area contributed by atoms with Gasteiger partial charge in [0.1, 0.15) is 0 Å². The Labute approximate surface area is 118 Å². The van der Waals surface area contributed by atoms with Gasteiger partial charge in [-0.1, -0.05) is 64.7 Å². The average molecular weight is 263 g/mol. The molecule has 0 saturated carbocycles. The molecule has 108 valence electrons. The van der Waals surface area contributed by atoms with Gasteiger partial charge in [0.15, 0.2) is 6.29 Å². The minimum Gasteiger partial charge on any atom is -0.359 e. The molecule has 0 bridgehead atoms. The van der Waals surface area contributed by atoms with Crippen LogP contribution in [0.25, 0.3) is 0 Å². The van der Waals surface area contributed by atoms with E-state index in [4.69, 9.17) is 0 Å². The summed E-state index contributed by atoms with van der Waals surface area (Å²) in [7, 11) is 0. The van der Waals surface area contributed by atoms with Gasteiger partial charge in [0.25, 0.3) is 0 Å². The van der Waals surface area contributed by atoms with Gasteiger partial charge < -0.3 is 4.98 Å². The van der Waals surface area contributed by atoms with Crippen molar-refractivity contribution < 1.29 is 4.79 Å². The van der Waals surface area contributed by atoms with Crippen molar-refractivity contribution in [3.8, 4) is 0 Å². The lowest BCUT2D eigenvalue weighted by Gasteiger charge is -2.01. The minimum absolute atomic E-state index is 0.696. The van der Waals surface area contributed by atoms with Crippen molar-refractivity contribution in [2.24, 2.45) is 0 Å². The predicted molar refractivity (Wildman–Crippen MR) is 81.7 cm³/mol. The fraction of sp³-hybridized carbons (Fsp3) is 0.706. The molecule has 0 amide bonds. The first-order valence-electron chi connectivity index (χ1n) is 7.99. The number of hydrogen-bond acceptors (Lipinski definition) is 1.